The number of anilines is 1. The number of nitrogens with two attached hydrogens (primary N) is 1. The molecular weight excluding hydrogens is 276 g/mol. The molecule has 0 bridgehead atoms. The number of ether oxygens (including phenoxy) is 2. The first-order valence-electron chi connectivity index (χ1n) is 6.05. The maximum atomic E-state index is 11.0. The summed E-state index contributed by atoms with van der Waals surface area (Å²) in [7, 11) is 1.57. The fourth-order valence-corrected chi connectivity index (χ4v) is 1.75. The molecule has 21 heavy (non-hydrogen) atoms. The van der Waals surface area contributed by atoms with E-state index in [4.69, 9.17) is 15.2 Å². The van der Waals surface area contributed by atoms with Crippen molar-refractivity contribution in [3.63, 3.8) is 0 Å². The molecule has 8 nitrogen and oxygen atoms in total. The zero-order valence-corrected chi connectivity index (χ0v) is 11.6. The van der Waals surface area contributed by atoms with E-state index in [1.54, 1.807) is 31.4 Å². The maximum Gasteiger partial charge on any atom is 0.352 e. The molecule has 2 aromatic rings. The molecular formula is C13H14N4O4. The third kappa shape index (κ3) is 3.35. The van der Waals surface area contributed by atoms with Crippen LogP contribution in [0.1, 0.15) is 11.3 Å². The summed E-state index contributed by atoms with van der Waals surface area (Å²) in [4.78, 5) is 18.0. The lowest BCUT2D eigenvalue weighted by molar-refractivity contribution is -0.387. The van der Waals surface area contributed by atoms with E-state index in [2.05, 4.69) is 9.97 Å². The Morgan fingerprint density at radius 3 is 2.52 bits per heavy atom. The normalized spacial score (nSPS) is 10.2. The minimum absolute atomic E-state index is 0.0668. The zero-order chi connectivity index (χ0) is 15.4. The molecule has 0 atom stereocenters. The molecule has 8 heteroatoms. The Bertz CT molecular complexity index is 658. The predicted octanol–water partition coefficient (Wildman–Crippen LogP) is 1.86. The molecule has 0 unspecified atom stereocenters. The SMILES string of the molecule is COc1ccc(COc2nc(N)nc(C)c2[N+](=O)[O-])cc1. The number of benzene rings is 1. The van der Waals surface area contributed by atoms with Crippen molar-refractivity contribution in [1.29, 1.82) is 0 Å². The van der Waals surface area contributed by atoms with Gasteiger partial charge in [0.25, 0.3) is 5.88 Å². The van der Waals surface area contributed by atoms with Crippen molar-refractivity contribution in [2.24, 2.45) is 0 Å². The number of aryl methyl sites for hydroxylation is 1. The van der Waals surface area contributed by atoms with E-state index in [0.29, 0.717) is 5.75 Å². The molecule has 2 N–H and O–H groups in total. The Morgan fingerprint density at radius 2 is 1.95 bits per heavy atom. The standard InChI is InChI=1S/C13H14N4O4/c1-8-11(17(18)19)12(16-13(14)15-8)21-7-9-3-5-10(20-2)6-4-9/h3-6H,7H2,1-2H3,(H2,14,15,16). The van der Waals surface area contributed by atoms with Crippen LogP contribution < -0.4 is 15.2 Å². The van der Waals surface area contributed by atoms with Gasteiger partial charge in [-0.2, -0.15) is 4.98 Å². The van der Waals surface area contributed by atoms with E-state index in [-0.39, 0.29) is 29.8 Å². The van der Waals surface area contributed by atoms with E-state index in [0.717, 1.165) is 5.56 Å². The summed E-state index contributed by atoms with van der Waals surface area (Å²) in [6.45, 7) is 1.61. The first-order valence-corrected chi connectivity index (χ1v) is 6.05. The molecule has 0 radical (unpaired) electrons. The second-order valence-electron chi connectivity index (χ2n) is 4.21. The number of nitrogens with zero attached hydrogens (tertiary/aromatic N) is 3. The molecule has 0 fully saturated rings. The lowest BCUT2D eigenvalue weighted by Crippen LogP contribution is -2.07. The molecule has 0 aliphatic rings. The van der Waals surface area contributed by atoms with Gasteiger partial charge in [0, 0.05) is 0 Å². The van der Waals surface area contributed by atoms with Crippen LogP contribution in [0.3, 0.4) is 0 Å². The van der Waals surface area contributed by atoms with Crippen LogP contribution in [0.2, 0.25) is 0 Å². The van der Waals surface area contributed by atoms with Crippen molar-refractivity contribution in [2.45, 2.75) is 13.5 Å². The Labute approximate surface area is 120 Å². The molecule has 1 aromatic heterocycles. The topological polar surface area (TPSA) is 113 Å². The summed E-state index contributed by atoms with van der Waals surface area (Å²) in [6.07, 6.45) is 0. The van der Waals surface area contributed by atoms with Crippen LogP contribution in [0, 0.1) is 17.0 Å². The van der Waals surface area contributed by atoms with E-state index in [1.165, 1.54) is 6.92 Å². The number of aromatic nitrogens is 2. The average molecular weight is 290 g/mol. The van der Waals surface area contributed by atoms with Crippen LogP contribution in [0.5, 0.6) is 11.6 Å². The molecule has 0 aliphatic heterocycles. The summed E-state index contributed by atoms with van der Waals surface area (Å²) in [5, 5.41) is 11.0. The van der Waals surface area contributed by atoms with Crippen molar-refractivity contribution < 1.29 is 14.4 Å². The maximum absolute atomic E-state index is 11.0. The Morgan fingerprint density at radius 1 is 1.29 bits per heavy atom. The van der Waals surface area contributed by atoms with Gasteiger partial charge in [0.2, 0.25) is 5.95 Å². The number of nitro groups is 1. The summed E-state index contributed by atoms with van der Waals surface area (Å²) >= 11 is 0. The predicted molar refractivity (Wildman–Crippen MR) is 75.2 cm³/mol. The van der Waals surface area contributed by atoms with Crippen LogP contribution in [-0.4, -0.2) is 22.0 Å². The van der Waals surface area contributed by atoms with Gasteiger partial charge in [0.1, 0.15) is 18.1 Å². The lowest BCUT2D eigenvalue weighted by Gasteiger charge is -2.08. The Kier molecular flexibility index (Phi) is 4.17. The van der Waals surface area contributed by atoms with Crippen molar-refractivity contribution in [2.75, 3.05) is 12.8 Å². The van der Waals surface area contributed by atoms with Crippen molar-refractivity contribution in [3.05, 3.63) is 45.6 Å². The minimum Gasteiger partial charge on any atom is -0.497 e. The van der Waals surface area contributed by atoms with Crippen LogP contribution in [0.15, 0.2) is 24.3 Å². The summed E-state index contributed by atoms with van der Waals surface area (Å²) in [5.74, 6) is 0.510. The lowest BCUT2D eigenvalue weighted by atomic mass is 10.2. The van der Waals surface area contributed by atoms with E-state index < -0.39 is 4.92 Å². The number of hydrogen-bond acceptors (Lipinski definition) is 7. The molecule has 110 valence electrons. The zero-order valence-electron chi connectivity index (χ0n) is 11.6. The smallest absolute Gasteiger partial charge is 0.352 e. The van der Waals surface area contributed by atoms with Gasteiger partial charge in [-0.1, -0.05) is 12.1 Å². The van der Waals surface area contributed by atoms with Crippen LogP contribution in [0.4, 0.5) is 11.6 Å². The van der Waals surface area contributed by atoms with Gasteiger partial charge in [-0.15, -0.1) is 0 Å². The van der Waals surface area contributed by atoms with Gasteiger partial charge < -0.3 is 15.2 Å². The second kappa shape index (κ2) is 6.04. The highest BCUT2D eigenvalue weighted by atomic mass is 16.6. The minimum atomic E-state index is -0.585. The average Bonchev–Trinajstić information content (AvgIpc) is 2.44. The molecule has 1 aromatic carbocycles. The molecule has 1 heterocycles. The molecule has 0 amide bonds. The fraction of sp³-hybridized carbons (Fsp3) is 0.231. The van der Waals surface area contributed by atoms with Crippen molar-refractivity contribution in [3.8, 4) is 11.6 Å². The molecule has 0 spiro atoms. The van der Waals surface area contributed by atoms with Gasteiger partial charge in [0.05, 0.1) is 12.0 Å². The van der Waals surface area contributed by atoms with Crippen LogP contribution in [-0.2, 0) is 6.61 Å². The first kappa shape index (κ1) is 14.5. The van der Waals surface area contributed by atoms with Gasteiger partial charge in [0.15, 0.2) is 0 Å². The van der Waals surface area contributed by atoms with Gasteiger partial charge in [-0.25, -0.2) is 4.98 Å². The summed E-state index contributed by atoms with van der Waals surface area (Å²) < 4.78 is 10.5. The highest BCUT2D eigenvalue weighted by Gasteiger charge is 2.23. The van der Waals surface area contributed by atoms with Gasteiger partial charge >= 0.3 is 5.69 Å². The number of nitrogen functional groups attached to an aromatic ring is 1. The summed E-state index contributed by atoms with van der Waals surface area (Å²) in [6, 6.07) is 7.13. The second-order valence-corrected chi connectivity index (χ2v) is 4.21. The third-order valence-electron chi connectivity index (χ3n) is 2.76. The quantitative estimate of drug-likeness (QED) is 0.660. The summed E-state index contributed by atoms with van der Waals surface area (Å²) in [5.41, 5.74) is 6.20. The highest BCUT2D eigenvalue weighted by Crippen LogP contribution is 2.28. The monoisotopic (exact) mass is 290 g/mol. The van der Waals surface area contributed by atoms with E-state index in [1.807, 2.05) is 0 Å². The molecule has 2 rings (SSSR count). The van der Waals surface area contributed by atoms with Gasteiger partial charge in [-0.05, 0) is 24.6 Å². The van der Waals surface area contributed by atoms with Crippen molar-refractivity contribution in [1.82, 2.24) is 9.97 Å². The van der Waals surface area contributed by atoms with E-state index in [9.17, 15) is 10.1 Å². The van der Waals surface area contributed by atoms with Gasteiger partial charge in [-0.3, -0.25) is 10.1 Å². The number of methoxy groups -OCH3 is 1. The Balaban J connectivity index is 2.20. The largest absolute Gasteiger partial charge is 0.497 e. The molecule has 0 aliphatic carbocycles. The fourth-order valence-electron chi connectivity index (χ4n) is 1.75. The Hall–Kier alpha value is -2.90. The number of hydrogen-bond donors (Lipinski definition) is 1. The molecule has 0 saturated heterocycles. The van der Waals surface area contributed by atoms with Crippen molar-refractivity contribution >= 4 is 11.6 Å². The van der Waals surface area contributed by atoms with E-state index >= 15 is 0 Å². The third-order valence-corrected chi connectivity index (χ3v) is 2.76. The molecule has 0 saturated carbocycles. The van der Waals surface area contributed by atoms with Crippen LogP contribution in [0.25, 0.3) is 0 Å². The number of rotatable bonds is 5. The highest BCUT2D eigenvalue weighted by molar-refractivity contribution is 5.47. The van der Waals surface area contributed by atoms with Crippen LogP contribution >= 0.6 is 0 Å². The first-order chi connectivity index (χ1) is 10.0.